The van der Waals surface area contributed by atoms with Crippen LogP contribution in [-0.2, 0) is 0 Å². The summed E-state index contributed by atoms with van der Waals surface area (Å²) in [5.41, 5.74) is 2.35. The molecule has 1 amide bonds. The van der Waals surface area contributed by atoms with Crippen LogP contribution in [0, 0.1) is 18.7 Å². The molecule has 2 aromatic heterocycles. The lowest BCUT2D eigenvalue weighted by atomic mass is 9.92. The van der Waals surface area contributed by atoms with Crippen molar-refractivity contribution in [2.45, 2.75) is 32.7 Å². The van der Waals surface area contributed by atoms with Gasteiger partial charge in [0.05, 0.1) is 18.4 Å². The van der Waals surface area contributed by atoms with Crippen LogP contribution in [0.2, 0.25) is 0 Å². The number of carbonyl (C=O) groups excluding carboxylic acids is 1. The third-order valence-corrected chi connectivity index (χ3v) is 5.62. The van der Waals surface area contributed by atoms with E-state index in [4.69, 9.17) is 4.74 Å². The zero-order chi connectivity index (χ0) is 21.8. The number of aromatic nitrogens is 3. The summed E-state index contributed by atoms with van der Waals surface area (Å²) in [6, 6.07) is 10.5. The zero-order valence-electron chi connectivity index (χ0n) is 17.7. The Bertz CT molecular complexity index is 1040. The number of rotatable bonds is 5. The van der Waals surface area contributed by atoms with Crippen molar-refractivity contribution in [1.82, 2.24) is 19.9 Å². The molecule has 0 spiro atoms. The lowest BCUT2D eigenvalue weighted by Gasteiger charge is -2.38. The number of amides is 1. The summed E-state index contributed by atoms with van der Waals surface area (Å²) in [5.74, 6) is 0.682. The molecule has 7 heteroatoms. The molecule has 1 aliphatic heterocycles. The van der Waals surface area contributed by atoms with Gasteiger partial charge in [-0.2, -0.15) is 0 Å². The monoisotopic (exact) mass is 420 g/mol. The van der Waals surface area contributed by atoms with Crippen LogP contribution in [0.3, 0.4) is 0 Å². The molecule has 3 heterocycles. The van der Waals surface area contributed by atoms with Gasteiger partial charge in [-0.3, -0.25) is 4.79 Å². The molecule has 160 valence electrons. The van der Waals surface area contributed by atoms with E-state index >= 15 is 0 Å². The average molecular weight is 420 g/mol. The SMILES string of the molecule is Cc1ccc(-c2ncccn2)c(C(=O)N2C[C@@H](COc3ccc(F)cn3)CC[C@@H]2C)c1. The molecule has 0 saturated carbocycles. The van der Waals surface area contributed by atoms with Gasteiger partial charge < -0.3 is 9.64 Å². The Morgan fingerprint density at radius 3 is 2.71 bits per heavy atom. The van der Waals surface area contributed by atoms with E-state index in [1.165, 1.54) is 12.1 Å². The van der Waals surface area contributed by atoms with E-state index in [1.807, 2.05) is 30.0 Å². The number of carbonyl (C=O) groups is 1. The van der Waals surface area contributed by atoms with Gasteiger partial charge in [0, 0.05) is 42.5 Å². The van der Waals surface area contributed by atoms with Crippen LogP contribution in [0.1, 0.15) is 35.7 Å². The fourth-order valence-electron chi connectivity index (χ4n) is 3.88. The van der Waals surface area contributed by atoms with Gasteiger partial charge in [-0.25, -0.2) is 19.3 Å². The Balaban J connectivity index is 1.52. The second-order valence-corrected chi connectivity index (χ2v) is 8.00. The number of pyridine rings is 1. The van der Waals surface area contributed by atoms with Crippen molar-refractivity contribution in [3.63, 3.8) is 0 Å². The first-order valence-electron chi connectivity index (χ1n) is 10.4. The van der Waals surface area contributed by atoms with E-state index in [9.17, 15) is 9.18 Å². The summed E-state index contributed by atoms with van der Waals surface area (Å²) in [6.07, 6.45) is 6.33. The van der Waals surface area contributed by atoms with E-state index < -0.39 is 5.82 Å². The van der Waals surface area contributed by atoms with Crippen LogP contribution < -0.4 is 4.74 Å². The highest BCUT2D eigenvalue weighted by atomic mass is 19.1. The van der Waals surface area contributed by atoms with Crippen molar-refractivity contribution in [3.05, 3.63) is 71.9 Å². The highest BCUT2D eigenvalue weighted by Gasteiger charge is 2.31. The number of ether oxygens (including phenoxy) is 1. The normalized spacial score (nSPS) is 18.6. The van der Waals surface area contributed by atoms with Crippen molar-refractivity contribution in [3.8, 4) is 17.3 Å². The molecule has 1 aromatic carbocycles. The van der Waals surface area contributed by atoms with Crippen LogP contribution >= 0.6 is 0 Å². The van der Waals surface area contributed by atoms with E-state index in [2.05, 4.69) is 21.9 Å². The van der Waals surface area contributed by atoms with Gasteiger partial charge in [0.1, 0.15) is 5.82 Å². The maximum atomic E-state index is 13.6. The third-order valence-electron chi connectivity index (χ3n) is 5.62. The second kappa shape index (κ2) is 9.20. The standard InChI is InChI=1S/C24H25FN4O2/c1-16-4-8-20(23-26-10-3-11-27-23)21(12-16)24(30)29-14-18(6-5-17(29)2)15-31-22-9-7-19(25)13-28-22/h3-4,7-13,17-18H,5-6,14-15H2,1-2H3/t17-,18-/m0/s1. The van der Waals surface area contributed by atoms with Crippen molar-refractivity contribution >= 4 is 5.91 Å². The van der Waals surface area contributed by atoms with Crippen LogP contribution in [0.15, 0.2) is 55.0 Å². The molecule has 1 saturated heterocycles. The largest absolute Gasteiger partial charge is 0.477 e. The predicted molar refractivity (Wildman–Crippen MR) is 115 cm³/mol. The summed E-state index contributed by atoms with van der Waals surface area (Å²) < 4.78 is 18.8. The quantitative estimate of drug-likeness (QED) is 0.615. The van der Waals surface area contributed by atoms with Gasteiger partial charge >= 0.3 is 0 Å². The summed E-state index contributed by atoms with van der Waals surface area (Å²) >= 11 is 0. The summed E-state index contributed by atoms with van der Waals surface area (Å²) in [5, 5.41) is 0. The molecule has 0 radical (unpaired) electrons. The number of likely N-dealkylation sites (tertiary alicyclic amines) is 1. The summed E-state index contributed by atoms with van der Waals surface area (Å²) in [6.45, 7) is 5.06. The Morgan fingerprint density at radius 1 is 1.16 bits per heavy atom. The number of nitrogens with zero attached hydrogens (tertiary/aromatic N) is 4. The molecule has 0 unspecified atom stereocenters. The lowest BCUT2D eigenvalue weighted by molar-refractivity contribution is 0.0503. The average Bonchev–Trinajstić information content (AvgIpc) is 2.79. The third kappa shape index (κ3) is 4.87. The molecule has 1 aliphatic rings. The Labute approximate surface area is 181 Å². The topological polar surface area (TPSA) is 68.2 Å². The first kappa shape index (κ1) is 20.9. The molecule has 6 nitrogen and oxygen atoms in total. The summed E-state index contributed by atoms with van der Waals surface area (Å²) in [4.78, 5) is 28.1. The van der Waals surface area contributed by atoms with Crippen LogP contribution in [0.5, 0.6) is 5.88 Å². The van der Waals surface area contributed by atoms with Crippen molar-refractivity contribution in [2.24, 2.45) is 5.92 Å². The first-order valence-corrected chi connectivity index (χ1v) is 10.4. The number of benzene rings is 1. The number of halogens is 1. The number of aryl methyl sites for hydroxylation is 1. The van der Waals surface area contributed by atoms with Gasteiger partial charge in [0.2, 0.25) is 5.88 Å². The highest BCUT2D eigenvalue weighted by molar-refractivity contribution is 6.00. The Kier molecular flexibility index (Phi) is 6.21. The molecule has 0 bridgehead atoms. The van der Waals surface area contributed by atoms with E-state index in [1.54, 1.807) is 18.5 Å². The maximum Gasteiger partial charge on any atom is 0.254 e. The number of hydrogen-bond donors (Lipinski definition) is 0. The van der Waals surface area contributed by atoms with Gasteiger partial charge in [-0.15, -0.1) is 0 Å². The van der Waals surface area contributed by atoms with Gasteiger partial charge in [0.15, 0.2) is 5.82 Å². The molecule has 31 heavy (non-hydrogen) atoms. The molecule has 3 aromatic rings. The molecule has 2 atom stereocenters. The van der Waals surface area contributed by atoms with Gasteiger partial charge in [0.25, 0.3) is 5.91 Å². The van der Waals surface area contributed by atoms with Gasteiger partial charge in [-0.1, -0.05) is 17.7 Å². The number of hydrogen-bond acceptors (Lipinski definition) is 5. The minimum Gasteiger partial charge on any atom is -0.477 e. The minimum atomic E-state index is -0.396. The number of piperidine rings is 1. The smallest absolute Gasteiger partial charge is 0.254 e. The molecular weight excluding hydrogens is 395 g/mol. The Morgan fingerprint density at radius 2 is 1.97 bits per heavy atom. The molecular formula is C24H25FN4O2. The van der Waals surface area contributed by atoms with Crippen LogP contribution in [0.4, 0.5) is 4.39 Å². The van der Waals surface area contributed by atoms with E-state index in [-0.39, 0.29) is 17.9 Å². The van der Waals surface area contributed by atoms with Crippen LogP contribution in [0.25, 0.3) is 11.4 Å². The Hall–Kier alpha value is -3.35. The van der Waals surface area contributed by atoms with E-state index in [0.717, 1.165) is 30.2 Å². The van der Waals surface area contributed by atoms with Gasteiger partial charge in [-0.05, 0) is 44.9 Å². The maximum absolute atomic E-state index is 13.6. The molecule has 0 aliphatic carbocycles. The van der Waals surface area contributed by atoms with Crippen LogP contribution in [-0.4, -0.2) is 45.0 Å². The summed E-state index contributed by atoms with van der Waals surface area (Å²) in [7, 11) is 0. The lowest BCUT2D eigenvalue weighted by Crippen LogP contribution is -2.47. The molecule has 4 rings (SSSR count). The van der Waals surface area contributed by atoms with Crippen molar-refractivity contribution in [1.29, 1.82) is 0 Å². The zero-order valence-corrected chi connectivity index (χ0v) is 17.7. The fraction of sp³-hybridized carbons (Fsp3) is 0.333. The fourth-order valence-corrected chi connectivity index (χ4v) is 3.88. The minimum absolute atomic E-state index is 0.0248. The van der Waals surface area contributed by atoms with Crippen molar-refractivity contribution in [2.75, 3.05) is 13.2 Å². The van der Waals surface area contributed by atoms with Crippen molar-refractivity contribution < 1.29 is 13.9 Å². The predicted octanol–water partition coefficient (Wildman–Crippen LogP) is 4.31. The van der Waals surface area contributed by atoms with E-state index in [0.29, 0.717) is 30.4 Å². The highest BCUT2D eigenvalue weighted by Crippen LogP contribution is 2.28. The molecule has 0 N–H and O–H groups in total. The molecule has 1 fully saturated rings. The first-order chi connectivity index (χ1) is 15.0. The second-order valence-electron chi connectivity index (χ2n) is 8.00.